The van der Waals surface area contributed by atoms with Gasteiger partial charge in [-0.15, -0.1) is 0 Å². The number of hydrogen-bond acceptors (Lipinski definition) is 7. The fourth-order valence-electron chi connectivity index (χ4n) is 4.81. The molecule has 0 aliphatic carbocycles. The quantitative estimate of drug-likeness (QED) is 0.570. The van der Waals surface area contributed by atoms with E-state index in [1.807, 2.05) is 24.4 Å². The molecule has 2 fully saturated rings. The third kappa shape index (κ3) is 2.74. The van der Waals surface area contributed by atoms with Gasteiger partial charge in [0, 0.05) is 30.9 Å². The summed E-state index contributed by atoms with van der Waals surface area (Å²) in [6, 6.07) is 17.2. The van der Waals surface area contributed by atoms with Crippen molar-refractivity contribution in [2.24, 2.45) is 0 Å². The number of nitrogen functional groups attached to an aromatic ring is 1. The predicted octanol–water partition coefficient (Wildman–Crippen LogP) is 3.14. The molecule has 7 heteroatoms. The van der Waals surface area contributed by atoms with Crippen LogP contribution in [0.1, 0.15) is 6.42 Å². The summed E-state index contributed by atoms with van der Waals surface area (Å²) >= 11 is 0. The molecular weight excluding hydrogens is 374 g/mol. The Labute approximate surface area is 174 Å². The van der Waals surface area contributed by atoms with E-state index in [2.05, 4.69) is 55.1 Å². The summed E-state index contributed by atoms with van der Waals surface area (Å²) < 4.78 is 0. The van der Waals surface area contributed by atoms with Gasteiger partial charge in [0.25, 0.3) is 0 Å². The lowest BCUT2D eigenvalue weighted by molar-refractivity contribution is 0.637. The molecule has 5 heterocycles. The van der Waals surface area contributed by atoms with Crippen molar-refractivity contribution in [2.45, 2.75) is 18.5 Å². The van der Waals surface area contributed by atoms with E-state index in [-0.39, 0.29) is 0 Å². The van der Waals surface area contributed by atoms with Gasteiger partial charge < -0.3 is 15.5 Å². The van der Waals surface area contributed by atoms with Crippen LogP contribution in [0, 0.1) is 0 Å². The van der Waals surface area contributed by atoms with Crippen LogP contribution in [0.4, 0.5) is 17.5 Å². The van der Waals surface area contributed by atoms with E-state index >= 15 is 0 Å². The van der Waals surface area contributed by atoms with Gasteiger partial charge in [0.15, 0.2) is 0 Å². The Balaban J connectivity index is 1.36. The van der Waals surface area contributed by atoms with E-state index < -0.39 is 0 Å². The molecule has 0 amide bonds. The van der Waals surface area contributed by atoms with Gasteiger partial charge in [0.1, 0.15) is 23.8 Å². The molecule has 0 unspecified atom stereocenters. The lowest BCUT2D eigenvalue weighted by atomic mass is 10.0. The molecule has 148 valence electrons. The monoisotopic (exact) mass is 395 g/mol. The molecular formula is C23H21N7. The highest BCUT2D eigenvalue weighted by Crippen LogP contribution is 2.38. The summed E-state index contributed by atoms with van der Waals surface area (Å²) in [7, 11) is 0. The van der Waals surface area contributed by atoms with Crippen molar-refractivity contribution in [3.8, 4) is 11.1 Å². The maximum atomic E-state index is 5.89. The van der Waals surface area contributed by atoms with Crippen molar-refractivity contribution >= 4 is 28.4 Å². The van der Waals surface area contributed by atoms with E-state index in [1.54, 1.807) is 12.5 Å². The second-order valence-corrected chi connectivity index (χ2v) is 7.93. The molecule has 30 heavy (non-hydrogen) atoms. The zero-order valence-corrected chi connectivity index (χ0v) is 16.4. The molecule has 4 aromatic rings. The first-order valence-electron chi connectivity index (χ1n) is 10.2. The molecule has 2 N–H and O–H groups in total. The van der Waals surface area contributed by atoms with Crippen molar-refractivity contribution < 1.29 is 0 Å². The Morgan fingerprint density at radius 1 is 0.800 bits per heavy atom. The molecule has 0 spiro atoms. The number of pyridine rings is 2. The minimum absolute atomic E-state index is 0.426. The summed E-state index contributed by atoms with van der Waals surface area (Å²) in [4.78, 5) is 22.7. The SMILES string of the molecule is Nc1cc(-c2ccc3ncnc(N4C[C@H]5C[C@@H]4CN5c4ccccn4)c3c2)ccn1. The highest BCUT2D eigenvalue weighted by Gasteiger charge is 2.44. The standard InChI is InChI=1S/C23H21N7/c24-21-10-16(6-8-25-21)15-4-5-20-19(9-15)23(28-14-27-20)30-13-17-11-18(30)12-29(17)22-3-1-2-7-26-22/h1-10,14,17-18H,11-13H2,(H2,24,25)/t17-,18-/m1/s1. The number of benzene rings is 1. The van der Waals surface area contributed by atoms with Crippen molar-refractivity contribution in [2.75, 3.05) is 28.6 Å². The highest BCUT2D eigenvalue weighted by atomic mass is 15.4. The Morgan fingerprint density at radius 2 is 1.67 bits per heavy atom. The zero-order valence-electron chi connectivity index (χ0n) is 16.4. The largest absolute Gasteiger partial charge is 0.384 e. The summed E-state index contributed by atoms with van der Waals surface area (Å²) in [5.41, 5.74) is 8.97. The Hall–Kier alpha value is -3.74. The van der Waals surface area contributed by atoms with Crippen molar-refractivity contribution in [1.82, 2.24) is 19.9 Å². The van der Waals surface area contributed by atoms with Gasteiger partial charge >= 0.3 is 0 Å². The first kappa shape index (κ1) is 17.1. The fraction of sp³-hybridized carbons (Fsp3) is 0.217. The summed E-state index contributed by atoms with van der Waals surface area (Å²) in [6.45, 7) is 1.91. The van der Waals surface area contributed by atoms with E-state index in [1.165, 1.54) is 0 Å². The van der Waals surface area contributed by atoms with Crippen LogP contribution in [0.3, 0.4) is 0 Å². The molecule has 6 rings (SSSR count). The lowest BCUT2D eigenvalue weighted by Gasteiger charge is -2.35. The Kier molecular flexibility index (Phi) is 3.80. The van der Waals surface area contributed by atoms with Gasteiger partial charge in [-0.1, -0.05) is 12.1 Å². The number of fused-ring (bicyclic) bond motifs is 3. The highest BCUT2D eigenvalue weighted by molar-refractivity contribution is 5.93. The summed E-state index contributed by atoms with van der Waals surface area (Å²) in [5, 5.41) is 1.07. The van der Waals surface area contributed by atoms with E-state index in [4.69, 9.17) is 10.7 Å². The molecule has 3 aromatic heterocycles. The minimum Gasteiger partial charge on any atom is -0.384 e. The third-order valence-electron chi connectivity index (χ3n) is 6.18. The number of nitrogens with two attached hydrogens (primary N) is 1. The predicted molar refractivity (Wildman–Crippen MR) is 118 cm³/mol. The van der Waals surface area contributed by atoms with Crippen LogP contribution in [0.5, 0.6) is 0 Å². The van der Waals surface area contributed by atoms with Crippen LogP contribution in [0.25, 0.3) is 22.0 Å². The molecule has 2 aliphatic heterocycles. The first-order valence-corrected chi connectivity index (χ1v) is 10.2. The molecule has 0 saturated carbocycles. The van der Waals surface area contributed by atoms with Crippen LogP contribution in [-0.4, -0.2) is 45.1 Å². The molecule has 2 bridgehead atoms. The summed E-state index contributed by atoms with van der Waals surface area (Å²) in [6.07, 6.45) is 6.40. The number of anilines is 3. The van der Waals surface area contributed by atoms with Gasteiger partial charge in [-0.25, -0.2) is 19.9 Å². The van der Waals surface area contributed by atoms with Gasteiger partial charge in [0.2, 0.25) is 0 Å². The maximum Gasteiger partial charge on any atom is 0.140 e. The minimum atomic E-state index is 0.426. The normalized spacial score (nSPS) is 20.3. The average Bonchev–Trinajstić information content (AvgIpc) is 3.40. The van der Waals surface area contributed by atoms with Crippen molar-refractivity contribution in [1.29, 1.82) is 0 Å². The van der Waals surface area contributed by atoms with Crippen LogP contribution < -0.4 is 15.5 Å². The van der Waals surface area contributed by atoms with Gasteiger partial charge in [-0.2, -0.15) is 0 Å². The fourth-order valence-corrected chi connectivity index (χ4v) is 4.81. The topological polar surface area (TPSA) is 84.1 Å². The zero-order chi connectivity index (χ0) is 20.1. The number of aromatic nitrogens is 4. The van der Waals surface area contributed by atoms with E-state index in [0.717, 1.165) is 53.2 Å². The first-order chi connectivity index (χ1) is 14.8. The average molecular weight is 395 g/mol. The number of nitrogens with zero attached hydrogens (tertiary/aromatic N) is 6. The second kappa shape index (κ2) is 6.66. The van der Waals surface area contributed by atoms with Crippen LogP contribution in [-0.2, 0) is 0 Å². The van der Waals surface area contributed by atoms with Crippen molar-refractivity contribution in [3.63, 3.8) is 0 Å². The van der Waals surface area contributed by atoms with Crippen LogP contribution >= 0.6 is 0 Å². The third-order valence-corrected chi connectivity index (χ3v) is 6.18. The van der Waals surface area contributed by atoms with Gasteiger partial charge in [-0.05, 0) is 53.9 Å². The molecule has 1 aromatic carbocycles. The van der Waals surface area contributed by atoms with Gasteiger partial charge in [0.05, 0.1) is 17.6 Å². The molecule has 2 atom stereocenters. The number of piperazine rings is 1. The maximum absolute atomic E-state index is 5.89. The Morgan fingerprint density at radius 3 is 2.47 bits per heavy atom. The van der Waals surface area contributed by atoms with Gasteiger partial charge in [-0.3, -0.25) is 0 Å². The Bertz CT molecular complexity index is 1230. The van der Waals surface area contributed by atoms with E-state index in [0.29, 0.717) is 17.9 Å². The number of hydrogen-bond donors (Lipinski definition) is 1. The van der Waals surface area contributed by atoms with Crippen molar-refractivity contribution in [3.05, 3.63) is 67.3 Å². The molecule has 0 radical (unpaired) electrons. The number of rotatable bonds is 3. The van der Waals surface area contributed by atoms with Crippen LogP contribution in [0.2, 0.25) is 0 Å². The molecule has 7 nitrogen and oxygen atoms in total. The molecule has 2 saturated heterocycles. The second-order valence-electron chi connectivity index (χ2n) is 7.93. The smallest absolute Gasteiger partial charge is 0.140 e. The molecule has 2 aliphatic rings. The van der Waals surface area contributed by atoms with Crippen LogP contribution in [0.15, 0.2) is 67.3 Å². The van der Waals surface area contributed by atoms with E-state index in [9.17, 15) is 0 Å². The lowest BCUT2D eigenvalue weighted by Crippen LogP contribution is -2.47. The summed E-state index contributed by atoms with van der Waals surface area (Å²) in [5.74, 6) is 2.59.